The predicted molar refractivity (Wildman–Crippen MR) is 86.9 cm³/mol. The van der Waals surface area contributed by atoms with E-state index in [0.717, 1.165) is 18.6 Å². The quantitative estimate of drug-likeness (QED) is 0.862. The lowest BCUT2D eigenvalue weighted by atomic mass is 10.2. The lowest BCUT2D eigenvalue weighted by Gasteiger charge is -2.18. The predicted octanol–water partition coefficient (Wildman–Crippen LogP) is 4.60. The molecule has 0 atom stereocenters. The molecule has 1 aliphatic heterocycles. The molecule has 1 heterocycles. The van der Waals surface area contributed by atoms with Crippen LogP contribution in [-0.4, -0.2) is 25.4 Å². The number of hydrogen-bond donors (Lipinski definition) is 1. The molecule has 3 nitrogen and oxygen atoms in total. The zero-order chi connectivity index (χ0) is 15.8. The smallest absolute Gasteiger partial charge is 0.161 e. The van der Waals surface area contributed by atoms with Gasteiger partial charge in [-0.15, -0.1) is 0 Å². The van der Waals surface area contributed by atoms with Crippen LogP contribution in [0.15, 0.2) is 18.2 Å². The molecule has 0 saturated carbocycles. The first kappa shape index (κ1) is 21.1. The third-order valence-electron chi connectivity index (χ3n) is 2.40. The van der Waals surface area contributed by atoms with Gasteiger partial charge in [0, 0.05) is 7.11 Å². The van der Waals surface area contributed by atoms with Gasteiger partial charge >= 0.3 is 0 Å². The highest BCUT2D eigenvalue weighted by Gasteiger charge is 2.09. The summed E-state index contributed by atoms with van der Waals surface area (Å²) in [6.07, 6.45) is 4.08. The Labute approximate surface area is 124 Å². The van der Waals surface area contributed by atoms with E-state index >= 15 is 0 Å². The molecule has 2 rings (SSSR count). The van der Waals surface area contributed by atoms with Gasteiger partial charge in [-0.25, -0.2) is 0 Å². The van der Waals surface area contributed by atoms with Crippen molar-refractivity contribution >= 4 is 0 Å². The summed E-state index contributed by atoms with van der Waals surface area (Å²) >= 11 is 0. The number of rotatable bonds is 2. The topological polar surface area (TPSA) is 38.7 Å². The summed E-state index contributed by atoms with van der Waals surface area (Å²) in [7, 11) is 1.00. The minimum Gasteiger partial charge on any atom is -0.486 e. The number of aliphatic hydroxyl groups excluding tert-OH is 1. The molecule has 0 radical (unpaired) electrons. The van der Waals surface area contributed by atoms with Crippen molar-refractivity contribution < 1.29 is 14.6 Å². The first-order valence-electron chi connectivity index (χ1n) is 7.59. The molecule has 1 aromatic rings. The van der Waals surface area contributed by atoms with Gasteiger partial charge in [0.25, 0.3) is 0 Å². The minimum absolute atomic E-state index is 0.663. The lowest BCUT2D eigenvalue weighted by Crippen LogP contribution is -2.15. The first-order valence-corrected chi connectivity index (χ1v) is 7.59. The zero-order valence-electron chi connectivity index (χ0n) is 14.0. The summed E-state index contributed by atoms with van der Waals surface area (Å²) in [4.78, 5) is 0. The second-order valence-corrected chi connectivity index (χ2v) is 4.00. The summed E-state index contributed by atoms with van der Waals surface area (Å²) in [6.45, 7) is 11.8. The number of hydrogen-bond acceptors (Lipinski definition) is 3. The molecule has 3 heteroatoms. The fourth-order valence-electron chi connectivity index (χ4n) is 1.50. The van der Waals surface area contributed by atoms with Crippen molar-refractivity contribution in [3.05, 3.63) is 23.8 Å². The van der Waals surface area contributed by atoms with E-state index in [1.165, 1.54) is 24.8 Å². The summed E-state index contributed by atoms with van der Waals surface area (Å²) in [5, 5.41) is 7.00. The van der Waals surface area contributed by atoms with E-state index in [-0.39, 0.29) is 0 Å². The van der Waals surface area contributed by atoms with Crippen molar-refractivity contribution in [2.45, 2.75) is 53.9 Å². The first-order chi connectivity index (χ1) is 9.77. The third kappa shape index (κ3) is 9.68. The van der Waals surface area contributed by atoms with Crippen LogP contribution in [0.5, 0.6) is 11.5 Å². The minimum atomic E-state index is 0.663. The number of unbranched alkanes of at least 4 members (excludes halogenated alkanes) is 2. The maximum atomic E-state index is 7.00. The average Bonchev–Trinajstić information content (AvgIpc) is 2.52. The molecular formula is C17H32O3. The van der Waals surface area contributed by atoms with Crippen LogP contribution < -0.4 is 9.47 Å². The molecule has 0 aliphatic carbocycles. The Morgan fingerprint density at radius 1 is 0.950 bits per heavy atom. The maximum absolute atomic E-state index is 7.00. The number of aryl methyl sites for hydroxylation is 1. The molecule has 20 heavy (non-hydrogen) atoms. The highest BCUT2D eigenvalue weighted by atomic mass is 16.6. The van der Waals surface area contributed by atoms with Gasteiger partial charge < -0.3 is 14.6 Å². The third-order valence-corrected chi connectivity index (χ3v) is 2.40. The number of benzene rings is 1. The van der Waals surface area contributed by atoms with Crippen LogP contribution in [0.25, 0.3) is 0 Å². The van der Waals surface area contributed by atoms with Crippen LogP contribution in [0.3, 0.4) is 0 Å². The highest BCUT2D eigenvalue weighted by Crippen LogP contribution is 2.30. The monoisotopic (exact) mass is 284 g/mol. The fraction of sp³-hybridized carbons (Fsp3) is 0.647. The Balaban J connectivity index is 0. The average molecular weight is 284 g/mol. The molecule has 0 bridgehead atoms. The summed E-state index contributed by atoms with van der Waals surface area (Å²) in [6, 6.07) is 5.96. The van der Waals surface area contributed by atoms with Crippen LogP contribution in [0.4, 0.5) is 0 Å². The molecule has 0 aromatic heterocycles. The van der Waals surface area contributed by atoms with Crippen molar-refractivity contribution in [2.75, 3.05) is 20.3 Å². The Morgan fingerprint density at radius 3 is 1.90 bits per heavy atom. The zero-order valence-corrected chi connectivity index (χ0v) is 14.0. The summed E-state index contributed by atoms with van der Waals surface area (Å²) in [5.41, 5.74) is 1.20. The molecule has 118 valence electrons. The van der Waals surface area contributed by atoms with Gasteiger partial charge in [-0.05, 0) is 24.6 Å². The van der Waals surface area contributed by atoms with E-state index in [1.54, 1.807) is 0 Å². The van der Waals surface area contributed by atoms with Crippen molar-refractivity contribution in [3.63, 3.8) is 0 Å². The van der Waals surface area contributed by atoms with Crippen molar-refractivity contribution in [3.8, 4) is 11.5 Å². The molecular weight excluding hydrogens is 252 g/mol. The van der Waals surface area contributed by atoms with Crippen LogP contribution in [-0.2, 0) is 0 Å². The SMILES string of the molecule is CC.CCCCC.CO.Cc1ccc2c(c1)OCCO2. The van der Waals surface area contributed by atoms with E-state index in [4.69, 9.17) is 14.6 Å². The summed E-state index contributed by atoms with van der Waals surface area (Å²) < 4.78 is 10.7. The molecule has 1 aliphatic rings. The van der Waals surface area contributed by atoms with Gasteiger partial charge in [0.05, 0.1) is 0 Å². The van der Waals surface area contributed by atoms with E-state index in [2.05, 4.69) is 13.8 Å². The Hall–Kier alpha value is -1.22. The van der Waals surface area contributed by atoms with E-state index < -0.39 is 0 Å². The van der Waals surface area contributed by atoms with Gasteiger partial charge in [0.1, 0.15) is 13.2 Å². The van der Waals surface area contributed by atoms with E-state index in [1.807, 2.05) is 39.0 Å². The van der Waals surface area contributed by atoms with Crippen molar-refractivity contribution in [2.24, 2.45) is 0 Å². The van der Waals surface area contributed by atoms with Crippen molar-refractivity contribution in [1.82, 2.24) is 0 Å². The number of aliphatic hydroxyl groups is 1. The van der Waals surface area contributed by atoms with E-state index in [0.29, 0.717) is 13.2 Å². The van der Waals surface area contributed by atoms with E-state index in [9.17, 15) is 0 Å². The second kappa shape index (κ2) is 15.8. The van der Waals surface area contributed by atoms with Crippen LogP contribution in [0.1, 0.15) is 52.5 Å². The molecule has 0 spiro atoms. The fourth-order valence-corrected chi connectivity index (χ4v) is 1.50. The van der Waals surface area contributed by atoms with Gasteiger partial charge in [-0.3, -0.25) is 0 Å². The van der Waals surface area contributed by atoms with Crippen LogP contribution >= 0.6 is 0 Å². The van der Waals surface area contributed by atoms with Gasteiger partial charge in [-0.1, -0.05) is 53.0 Å². The van der Waals surface area contributed by atoms with Crippen molar-refractivity contribution in [1.29, 1.82) is 0 Å². The maximum Gasteiger partial charge on any atom is 0.161 e. The Kier molecular flexibility index (Phi) is 16.7. The molecule has 1 aromatic carbocycles. The largest absolute Gasteiger partial charge is 0.486 e. The highest BCUT2D eigenvalue weighted by molar-refractivity contribution is 5.43. The van der Waals surface area contributed by atoms with Gasteiger partial charge in [0.15, 0.2) is 11.5 Å². The summed E-state index contributed by atoms with van der Waals surface area (Å²) in [5.74, 6) is 1.73. The van der Waals surface area contributed by atoms with Crippen LogP contribution in [0.2, 0.25) is 0 Å². The number of fused-ring (bicyclic) bond motifs is 1. The molecule has 0 amide bonds. The van der Waals surface area contributed by atoms with Crippen LogP contribution in [0, 0.1) is 6.92 Å². The molecule has 0 fully saturated rings. The molecule has 1 N–H and O–H groups in total. The standard InChI is InChI=1S/C9H10O2.C5H12.C2H6.CH4O/c1-7-2-3-8-9(6-7)11-5-4-10-8;1-3-5-4-2;2*1-2/h2-3,6H,4-5H2,1H3;3-5H2,1-2H3;1-2H3;2H,1H3. The Morgan fingerprint density at radius 2 is 1.45 bits per heavy atom. The second-order valence-electron chi connectivity index (χ2n) is 4.00. The van der Waals surface area contributed by atoms with Gasteiger partial charge in [-0.2, -0.15) is 0 Å². The number of ether oxygens (including phenoxy) is 2. The van der Waals surface area contributed by atoms with Gasteiger partial charge in [0.2, 0.25) is 0 Å². The Bertz CT molecular complexity index is 309. The normalized spacial score (nSPS) is 10.8. The molecule has 0 unspecified atom stereocenters. The molecule has 0 saturated heterocycles. The lowest BCUT2D eigenvalue weighted by molar-refractivity contribution is 0.171.